The van der Waals surface area contributed by atoms with Gasteiger partial charge in [-0.15, -0.1) is 0 Å². The molecule has 28 heavy (non-hydrogen) atoms. The predicted octanol–water partition coefficient (Wildman–Crippen LogP) is 5.47. The van der Waals surface area contributed by atoms with E-state index in [0.717, 1.165) is 0 Å². The van der Waals surface area contributed by atoms with Crippen LogP contribution in [0.3, 0.4) is 0 Å². The summed E-state index contributed by atoms with van der Waals surface area (Å²) in [6, 6.07) is 15.6. The number of hydrogen-bond acceptors (Lipinski definition) is 3. The van der Waals surface area contributed by atoms with Gasteiger partial charge in [0.1, 0.15) is 29.7 Å². The van der Waals surface area contributed by atoms with E-state index in [2.05, 4.69) is 0 Å². The fourth-order valence-electron chi connectivity index (χ4n) is 3.09. The molecule has 0 bridgehead atoms. The number of carbonyl (C=O) groups excluding carboxylic acids is 1. The highest BCUT2D eigenvalue weighted by Crippen LogP contribution is 2.37. The van der Waals surface area contributed by atoms with Gasteiger partial charge in [0.05, 0.1) is 5.56 Å². The Bertz CT molecular complexity index is 1100. The molecule has 3 aromatic carbocycles. The van der Waals surface area contributed by atoms with Crippen LogP contribution >= 0.6 is 0 Å². The van der Waals surface area contributed by atoms with Crippen molar-refractivity contribution in [1.29, 1.82) is 0 Å². The van der Waals surface area contributed by atoms with Crippen LogP contribution in [0.4, 0.5) is 8.78 Å². The first-order valence-electron chi connectivity index (χ1n) is 8.72. The van der Waals surface area contributed by atoms with Crippen molar-refractivity contribution in [2.24, 2.45) is 0 Å². The Morgan fingerprint density at radius 1 is 1.04 bits per heavy atom. The third-order valence-electron chi connectivity index (χ3n) is 4.43. The summed E-state index contributed by atoms with van der Waals surface area (Å²) in [4.78, 5) is 12.7. The number of aryl methyl sites for hydroxylation is 1. The Labute approximate surface area is 160 Å². The van der Waals surface area contributed by atoms with E-state index in [4.69, 9.17) is 9.47 Å². The topological polar surface area (TPSA) is 35.5 Å². The van der Waals surface area contributed by atoms with Gasteiger partial charge in [-0.25, -0.2) is 8.78 Å². The van der Waals surface area contributed by atoms with Crippen LogP contribution in [-0.4, -0.2) is 5.78 Å². The van der Waals surface area contributed by atoms with Crippen LogP contribution in [0, 0.1) is 18.6 Å². The van der Waals surface area contributed by atoms with Crippen LogP contribution in [0.15, 0.2) is 66.4 Å². The van der Waals surface area contributed by atoms with Gasteiger partial charge in [0.15, 0.2) is 5.76 Å². The van der Waals surface area contributed by atoms with Gasteiger partial charge in [0.2, 0.25) is 5.78 Å². The van der Waals surface area contributed by atoms with Crippen molar-refractivity contribution in [2.75, 3.05) is 0 Å². The molecule has 1 aliphatic heterocycles. The highest BCUT2D eigenvalue weighted by Gasteiger charge is 2.30. The van der Waals surface area contributed by atoms with Crippen LogP contribution in [0.25, 0.3) is 6.08 Å². The molecule has 0 N–H and O–H groups in total. The minimum Gasteiger partial charge on any atom is -0.489 e. The first kappa shape index (κ1) is 17.9. The molecule has 1 heterocycles. The molecular weight excluding hydrogens is 362 g/mol. The lowest BCUT2D eigenvalue weighted by molar-refractivity contribution is 0.101. The number of halogens is 2. The minimum absolute atomic E-state index is 0.0606. The number of benzene rings is 3. The summed E-state index contributed by atoms with van der Waals surface area (Å²) >= 11 is 0. The van der Waals surface area contributed by atoms with E-state index in [0.29, 0.717) is 28.2 Å². The Morgan fingerprint density at radius 2 is 1.86 bits per heavy atom. The molecule has 0 aromatic heterocycles. The van der Waals surface area contributed by atoms with Crippen molar-refractivity contribution >= 4 is 11.9 Å². The van der Waals surface area contributed by atoms with Crippen LogP contribution in [0.1, 0.15) is 27.0 Å². The zero-order chi connectivity index (χ0) is 19.7. The van der Waals surface area contributed by atoms with Gasteiger partial charge < -0.3 is 9.47 Å². The first-order valence-corrected chi connectivity index (χ1v) is 8.72. The van der Waals surface area contributed by atoms with E-state index >= 15 is 0 Å². The van der Waals surface area contributed by atoms with E-state index in [-0.39, 0.29) is 29.5 Å². The summed E-state index contributed by atoms with van der Waals surface area (Å²) in [6.07, 6.45) is 1.39. The van der Waals surface area contributed by atoms with Crippen molar-refractivity contribution in [2.45, 2.75) is 13.5 Å². The fourth-order valence-corrected chi connectivity index (χ4v) is 3.09. The monoisotopic (exact) mass is 378 g/mol. The maximum Gasteiger partial charge on any atom is 0.232 e. The maximum absolute atomic E-state index is 13.9. The number of rotatable bonds is 4. The minimum atomic E-state index is -0.432. The normalized spacial score (nSPS) is 14.1. The standard InChI is InChI=1S/C23H16F2O3/c1-14-9-18(27-13-15-5-4-7-17(24)10-15)12-20-22(14)23(26)21(28-20)11-16-6-2-3-8-19(16)25/h2-12H,13H2,1H3/b21-11-. The molecule has 3 nitrogen and oxygen atoms in total. The lowest BCUT2D eigenvalue weighted by Gasteiger charge is -2.09. The smallest absolute Gasteiger partial charge is 0.232 e. The van der Waals surface area contributed by atoms with Gasteiger partial charge in [0, 0.05) is 11.6 Å². The summed E-state index contributed by atoms with van der Waals surface area (Å²) in [7, 11) is 0. The lowest BCUT2D eigenvalue weighted by Crippen LogP contribution is -2.00. The molecule has 5 heteroatoms. The molecule has 0 fully saturated rings. The molecule has 0 saturated carbocycles. The highest BCUT2D eigenvalue weighted by molar-refractivity contribution is 6.15. The second-order valence-electron chi connectivity index (χ2n) is 6.49. The predicted molar refractivity (Wildman–Crippen MR) is 101 cm³/mol. The molecule has 0 spiro atoms. The molecule has 0 amide bonds. The van der Waals surface area contributed by atoms with E-state index in [9.17, 15) is 13.6 Å². The van der Waals surface area contributed by atoms with Crippen LogP contribution in [-0.2, 0) is 6.61 Å². The molecule has 0 saturated heterocycles. The van der Waals surface area contributed by atoms with Crippen LogP contribution in [0.2, 0.25) is 0 Å². The number of Topliss-reactive ketones (excluding diaryl/α,β-unsaturated/α-hetero) is 1. The molecule has 0 atom stereocenters. The van der Waals surface area contributed by atoms with Crippen molar-refractivity contribution in [3.05, 3.63) is 100 Å². The van der Waals surface area contributed by atoms with Gasteiger partial charge in [-0.2, -0.15) is 0 Å². The summed E-state index contributed by atoms with van der Waals surface area (Å²) in [5, 5.41) is 0. The number of hydrogen-bond donors (Lipinski definition) is 0. The third-order valence-corrected chi connectivity index (χ3v) is 4.43. The van der Waals surface area contributed by atoms with Crippen molar-refractivity contribution in [3.8, 4) is 11.5 Å². The number of fused-ring (bicyclic) bond motifs is 1. The Kier molecular flexibility index (Phi) is 4.65. The number of ether oxygens (including phenoxy) is 2. The third kappa shape index (κ3) is 3.51. The van der Waals surface area contributed by atoms with Crippen LogP contribution < -0.4 is 9.47 Å². The zero-order valence-electron chi connectivity index (χ0n) is 15.0. The summed E-state index contributed by atoms with van der Waals surface area (Å²) in [5.41, 5.74) is 2.09. The molecular formula is C23H16F2O3. The van der Waals surface area contributed by atoms with Gasteiger partial charge in [-0.3, -0.25) is 4.79 Å². The number of ketones is 1. The largest absolute Gasteiger partial charge is 0.489 e. The Hall–Kier alpha value is -3.47. The van der Waals surface area contributed by atoms with E-state index < -0.39 is 5.82 Å². The summed E-state index contributed by atoms with van der Waals surface area (Å²) < 4.78 is 38.6. The first-order chi connectivity index (χ1) is 13.5. The second kappa shape index (κ2) is 7.27. The van der Waals surface area contributed by atoms with E-state index in [1.165, 1.54) is 24.3 Å². The molecule has 0 radical (unpaired) electrons. The van der Waals surface area contributed by atoms with Crippen LogP contribution in [0.5, 0.6) is 11.5 Å². The SMILES string of the molecule is Cc1cc(OCc2cccc(F)c2)cc2c1C(=O)/C(=C/c1ccccc1F)O2. The van der Waals surface area contributed by atoms with Gasteiger partial charge >= 0.3 is 0 Å². The maximum atomic E-state index is 13.9. The highest BCUT2D eigenvalue weighted by atomic mass is 19.1. The lowest BCUT2D eigenvalue weighted by atomic mass is 10.0. The zero-order valence-corrected chi connectivity index (χ0v) is 15.0. The summed E-state index contributed by atoms with van der Waals surface area (Å²) in [6.45, 7) is 1.96. The van der Waals surface area contributed by atoms with Gasteiger partial charge in [0.25, 0.3) is 0 Å². The van der Waals surface area contributed by atoms with Gasteiger partial charge in [-0.1, -0.05) is 30.3 Å². The number of carbonyl (C=O) groups is 1. The number of allylic oxidation sites excluding steroid dienone is 1. The molecule has 0 aliphatic carbocycles. The van der Waals surface area contributed by atoms with E-state index in [1.54, 1.807) is 49.4 Å². The van der Waals surface area contributed by atoms with Gasteiger partial charge in [-0.05, 0) is 48.4 Å². The van der Waals surface area contributed by atoms with Crippen molar-refractivity contribution in [1.82, 2.24) is 0 Å². The van der Waals surface area contributed by atoms with E-state index in [1.807, 2.05) is 0 Å². The molecule has 4 rings (SSSR count). The molecule has 140 valence electrons. The average Bonchev–Trinajstić information content (AvgIpc) is 2.98. The quantitative estimate of drug-likeness (QED) is 0.565. The fraction of sp³-hybridized carbons (Fsp3) is 0.0870. The molecule has 0 unspecified atom stereocenters. The van der Waals surface area contributed by atoms with Crippen molar-refractivity contribution < 1.29 is 23.0 Å². The molecule has 1 aliphatic rings. The average molecular weight is 378 g/mol. The molecule has 3 aromatic rings. The summed E-state index contributed by atoms with van der Waals surface area (Å²) in [5.74, 6) is -0.138. The Morgan fingerprint density at radius 3 is 2.64 bits per heavy atom. The second-order valence-corrected chi connectivity index (χ2v) is 6.49. The van der Waals surface area contributed by atoms with Crippen molar-refractivity contribution in [3.63, 3.8) is 0 Å². The Balaban J connectivity index is 1.58.